The Morgan fingerprint density at radius 1 is 0.426 bits per heavy atom. The molecule has 4 aromatic rings. The van der Waals surface area contributed by atoms with Gasteiger partial charge in [-0.2, -0.15) is 0 Å². The predicted molar refractivity (Wildman–Crippen MR) is 269 cm³/mol. The number of hydrogen-bond donors (Lipinski definition) is 1. The fourth-order valence-electron chi connectivity index (χ4n) is 9.46. The predicted octanol–water partition coefficient (Wildman–Crippen LogP) is 13.5. The number of ether oxygens (including phenoxy) is 10. The molecule has 0 saturated carbocycles. The second-order valence-corrected chi connectivity index (χ2v) is 18.0. The van der Waals surface area contributed by atoms with E-state index in [1.807, 2.05) is 48.5 Å². The maximum atomic E-state index is 8.93. The van der Waals surface area contributed by atoms with Crippen LogP contribution in [0.2, 0.25) is 0 Å². The van der Waals surface area contributed by atoms with Gasteiger partial charge in [-0.25, -0.2) is 0 Å². The SMILES string of the molecule is CCCCCCCCCC[C@@H]1c2ccc(OCOC)cc2OC[C@@H]1c1ccc(OCOC)cc1.COCOc1ccc([C@H]2COc3cc(OCOC)ccc3[C@H]2CCCCCCCCCO)cc1. The van der Waals surface area contributed by atoms with Crippen LogP contribution in [0.15, 0.2) is 84.9 Å². The molecule has 0 aliphatic carbocycles. The van der Waals surface area contributed by atoms with Crippen molar-refractivity contribution in [2.45, 2.75) is 140 Å². The van der Waals surface area contributed by atoms with Gasteiger partial charge >= 0.3 is 0 Å². The number of hydrogen-bond acceptors (Lipinski definition) is 11. The van der Waals surface area contributed by atoms with Crippen LogP contribution in [0.25, 0.3) is 0 Å². The van der Waals surface area contributed by atoms with E-state index in [1.165, 1.54) is 106 Å². The molecule has 11 heteroatoms. The molecular weight excluding hydrogens is 861 g/mol. The highest BCUT2D eigenvalue weighted by molar-refractivity contribution is 5.48. The van der Waals surface area contributed by atoms with Crippen molar-refractivity contribution < 1.29 is 52.5 Å². The van der Waals surface area contributed by atoms with E-state index < -0.39 is 0 Å². The van der Waals surface area contributed by atoms with Crippen molar-refractivity contribution in [1.29, 1.82) is 0 Å². The average Bonchev–Trinajstić information content (AvgIpc) is 3.38. The highest BCUT2D eigenvalue weighted by atomic mass is 16.7. The third-order valence-corrected chi connectivity index (χ3v) is 13.1. The van der Waals surface area contributed by atoms with Crippen LogP contribution in [-0.2, 0) is 18.9 Å². The number of aliphatic hydroxyl groups is 1. The van der Waals surface area contributed by atoms with Crippen molar-refractivity contribution in [3.63, 3.8) is 0 Å². The van der Waals surface area contributed by atoms with Gasteiger partial charge in [-0.3, -0.25) is 0 Å². The van der Waals surface area contributed by atoms with Gasteiger partial charge in [0.1, 0.15) is 34.5 Å². The molecule has 0 saturated heterocycles. The van der Waals surface area contributed by atoms with Crippen molar-refractivity contribution in [1.82, 2.24) is 0 Å². The summed E-state index contributed by atoms with van der Waals surface area (Å²) in [5, 5.41) is 8.93. The minimum Gasteiger partial charge on any atom is -0.492 e. The summed E-state index contributed by atoms with van der Waals surface area (Å²) in [7, 11) is 6.50. The Balaban J connectivity index is 0.000000254. The van der Waals surface area contributed by atoms with Gasteiger partial charge in [0.25, 0.3) is 0 Å². The van der Waals surface area contributed by atoms with Crippen molar-refractivity contribution in [3.8, 4) is 34.5 Å². The van der Waals surface area contributed by atoms with E-state index >= 15 is 0 Å². The van der Waals surface area contributed by atoms with Gasteiger partial charge in [-0.15, -0.1) is 0 Å². The molecule has 2 aliphatic rings. The summed E-state index contributed by atoms with van der Waals surface area (Å²) in [6.45, 7) is 4.85. The van der Waals surface area contributed by atoms with Crippen LogP contribution < -0.4 is 28.4 Å². The number of benzene rings is 4. The van der Waals surface area contributed by atoms with E-state index in [4.69, 9.17) is 52.5 Å². The number of aliphatic hydroxyl groups excluding tert-OH is 1. The molecule has 0 fully saturated rings. The summed E-state index contributed by atoms with van der Waals surface area (Å²) in [5.41, 5.74) is 5.09. The Bertz CT molecular complexity index is 1780. The van der Waals surface area contributed by atoms with E-state index in [2.05, 4.69) is 43.3 Å². The molecule has 6 rings (SSSR count). The van der Waals surface area contributed by atoms with Crippen LogP contribution >= 0.6 is 0 Å². The molecule has 4 aromatic carbocycles. The summed E-state index contributed by atoms with van der Waals surface area (Å²) in [6, 6.07) is 29.1. The van der Waals surface area contributed by atoms with E-state index in [9.17, 15) is 0 Å². The molecule has 68 heavy (non-hydrogen) atoms. The smallest absolute Gasteiger partial charge is 0.188 e. The summed E-state index contributed by atoms with van der Waals surface area (Å²) in [5.74, 6) is 6.45. The minimum absolute atomic E-state index is 0.223. The first-order valence-electron chi connectivity index (χ1n) is 25.3. The van der Waals surface area contributed by atoms with Crippen LogP contribution in [0.3, 0.4) is 0 Å². The van der Waals surface area contributed by atoms with Crippen molar-refractivity contribution >= 4 is 0 Å². The van der Waals surface area contributed by atoms with Gasteiger partial charge < -0.3 is 52.5 Å². The molecule has 4 atom stereocenters. The molecule has 1 N–H and O–H groups in total. The Labute approximate surface area is 408 Å². The Morgan fingerprint density at radius 3 is 1.13 bits per heavy atom. The summed E-state index contributed by atoms with van der Waals surface area (Å²) in [6.07, 6.45) is 21.1. The third kappa shape index (κ3) is 18.1. The van der Waals surface area contributed by atoms with Gasteiger partial charge in [0.15, 0.2) is 27.2 Å². The van der Waals surface area contributed by atoms with E-state index in [-0.39, 0.29) is 27.2 Å². The maximum Gasteiger partial charge on any atom is 0.188 e. The zero-order chi connectivity index (χ0) is 48.0. The van der Waals surface area contributed by atoms with Crippen molar-refractivity contribution in [2.75, 3.05) is 75.4 Å². The monoisotopic (exact) mass is 943 g/mol. The first-order valence-corrected chi connectivity index (χ1v) is 25.3. The molecule has 2 heterocycles. The van der Waals surface area contributed by atoms with Gasteiger partial charge in [0, 0.05) is 59.0 Å². The van der Waals surface area contributed by atoms with Crippen LogP contribution in [-0.4, -0.2) is 80.5 Å². The van der Waals surface area contributed by atoms with Crippen LogP contribution in [0.1, 0.15) is 162 Å². The number of methoxy groups -OCH3 is 4. The Kier molecular flexibility index (Phi) is 25.9. The lowest BCUT2D eigenvalue weighted by molar-refractivity contribution is 0.0506. The highest BCUT2D eigenvalue weighted by Gasteiger charge is 2.33. The molecule has 0 bridgehead atoms. The van der Waals surface area contributed by atoms with Gasteiger partial charge in [0.2, 0.25) is 0 Å². The first-order chi connectivity index (χ1) is 33.5. The largest absolute Gasteiger partial charge is 0.492 e. The molecule has 376 valence electrons. The zero-order valence-corrected chi connectivity index (χ0v) is 41.9. The second-order valence-electron chi connectivity index (χ2n) is 18.0. The van der Waals surface area contributed by atoms with Crippen LogP contribution in [0.4, 0.5) is 0 Å². The summed E-state index contributed by atoms with van der Waals surface area (Å²) in [4.78, 5) is 0. The molecule has 0 radical (unpaired) electrons. The highest BCUT2D eigenvalue weighted by Crippen LogP contribution is 2.48. The Hall–Kier alpha value is -4.52. The molecule has 0 spiro atoms. The molecule has 0 aromatic heterocycles. The molecule has 0 unspecified atom stereocenters. The quantitative estimate of drug-likeness (QED) is 0.0373. The normalized spacial score (nSPS) is 17.1. The Morgan fingerprint density at radius 2 is 0.765 bits per heavy atom. The lowest BCUT2D eigenvalue weighted by Crippen LogP contribution is -2.24. The number of rotatable bonds is 32. The van der Waals surface area contributed by atoms with Crippen molar-refractivity contribution in [2.24, 2.45) is 0 Å². The lowest BCUT2D eigenvalue weighted by atomic mass is 9.77. The van der Waals surface area contributed by atoms with Gasteiger partial charge in [0.05, 0.1) is 13.2 Å². The number of fused-ring (bicyclic) bond motifs is 2. The standard InChI is InChI=1S/C29H42O5.C28H40O6/c1-4-5-6-7-8-9-10-11-12-26-27-18-17-25(34-22-31-3)19-29(27)32-20-28(26)23-13-15-24(16-14-23)33-21-30-2;1-30-20-33-23-13-11-22(12-14-23)27-19-32-28-18-24(34-21-31-2)15-16-26(28)25(27)10-8-6-4-3-5-7-9-17-29/h13-19,26,28H,4-12,20-22H2,1-3H3;11-16,18,25,27,29H,3-10,17,19-21H2,1-2H3/t26-,28-;25-,27-/m11/s1. The number of unbranched alkanes of at least 4 members (excludes halogenated alkanes) is 13. The molecule has 2 aliphatic heterocycles. The van der Waals surface area contributed by atoms with Gasteiger partial charge in [-0.1, -0.05) is 133 Å². The third-order valence-electron chi connectivity index (χ3n) is 13.1. The first kappa shape index (κ1) is 54.4. The average molecular weight is 943 g/mol. The maximum absolute atomic E-state index is 8.93. The van der Waals surface area contributed by atoms with Crippen LogP contribution in [0.5, 0.6) is 34.5 Å². The minimum atomic E-state index is 0.223. The van der Waals surface area contributed by atoms with E-state index in [0.717, 1.165) is 60.2 Å². The molecule has 0 amide bonds. The topological polar surface area (TPSA) is 113 Å². The van der Waals surface area contributed by atoms with Gasteiger partial charge in [-0.05, 0) is 89.8 Å². The van der Waals surface area contributed by atoms with E-state index in [0.29, 0.717) is 43.5 Å². The van der Waals surface area contributed by atoms with Crippen molar-refractivity contribution in [3.05, 3.63) is 107 Å². The van der Waals surface area contributed by atoms with Crippen LogP contribution in [0, 0.1) is 0 Å². The lowest BCUT2D eigenvalue weighted by Gasteiger charge is -2.34. The molecule has 11 nitrogen and oxygen atoms in total. The fourth-order valence-corrected chi connectivity index (χ4v) is 9.46. The summed E-state index contributed by atoms with van der Waals surface area (Å²) >= 11 is 0. The second kappa shape index (κ2) is 32.3. The molecular formula is C57H82O11. The van der Waals surface area contributed by atoms with E-state index in [1.54, 1.807) is 28.4 Å². The summed E-state index contributed by atoms with van der Waals surface area (Å²) < 4.78 is 55.0. The zero-order valence-electron chi connectivity index (χ0n) is 41.9. The fraction of sp³-hybridized carbons (Fsp3) is 0.579.